The molecule has 2 aromatic rings. The molecule has 0 fully saturated rings. The van der Waals surface area contributed by atoms with Crippen molar-refractivity contribution in [2.45, 2.75) is 26.1 Å². The lowest BCUT2D eigenvalue weighted by molar-refractivity contribution is -0.137. The number of benzene rings is 2. The Balaban J connectivity index is 2.23. The summed E-state index contributed by atoms with van der Waals surface area (Å²) in [5.74, 6) is -0.806. The number of likely N-dealkylation sites (N-methyl/N-ethyl adjacent to an activating group) is 2. The van der Waals surface area contributed by atoms with E-state index in [0.717, 1.165) is 6.07 Å². The summed E-state index contributed by atoms with van der Waals surface area (Å²) in [5.41, 5.74) is -0.519. The molecule has 0 aliphatic rings. The molecule has 1 N–H and O–H groups in total. The summed E-state index contributed by atoms with van der Waals surface area (Å²) in [7, 11) is 1.61. The number of hydrogen-bond acceptors (Lipinski definition) is 3. The Labute approximate surface area is 174 Å². The fraction of sp³-hybridized carbons (Fsp3) is 0.364. The summed E-state index contributed by atoms with van der Waals surface area (Å²) in [5, 5.41) is 2.32. The number of nitrogens with one attached hydrogen (secondary N) is 1. The van der Waals surface area contributed by atoms with Gasteiger partial charge in [-0.1, -0.05) is 42.5 Å². The summed E-state index contributed by atoms with van der Waals surface area (Å²) in [6, 6.07) is 13.1. The molecule has 0 saturated carbocycles. The highest BCUT2D eigenvalue weighted by atomic mass is 19.4. The maximum atomic E-state index is 13.2. The van der Waals surface area contributed by atoms with Gasteiger partial charge in [0.05, 0.1) is 17.8 Å². The number of para-hydroxylation sites is 1. The van der Waals surface area contributed by atoms with Gasteiger partial charge in [0, 0.05) is 13.1 Å². The van der Waals surface area contributed by atoms with E-state index in [9.17, 15) is 22.8 Å². The minimum absolute atomic E-state index is 0.169. The van der Waals surface area contributed by atoms with Gasteiger partial charge in [0.25, 0.3) is 0 Å². The zero-order chi connectivity index (χ0) is 22.3. The van der Waals surface area contributed by atoms with Crippen LogP contribution >= 0.6 is 0 Å². The predicted octanol–water partition coefficient (Wildman–Crippen LogP) is 4.19. The van der Waals surface area contributed by atoms with Crippen molar-refractivity contribution in [3.8, 4) is 0 Å². The molecular weight excluding hydrogens is 395 g/mol. The Kier molecular flexibility index (Phi) is 8.00. The molecule has 0 aromatic heterocycles. The zero-order valence-corrected chi connectivity index (χ0v) is 17.2. The second-order valence-electron chi connectivity index (χ2n) is 6.83. The fourth-order valence-corrected chi connectivity index (χ4v) is 3.28. The number of amides is 2. The molecule has 0 radical (unpaired) electrons. The second-order valence-corrected chi connectivity index (χ2v) is 6.83. The van der Waals surface area contributed by atoms with Gasteiger partial charge in [-0.15, -0.1) is 0 Å². The van der Waals surface area contributed by atoms with E-state index in [1.165, 1.54) is 18.2 Å². The number of anilines is 1. The maximum Gasteiger partial charge on any atom is 0.418 e. The highest BCUT2D eigenvalue weighted by Crippen LogP contribution is 2.34. The Morgan fingerprint density at radius 2 is 1.53 bits per heavy atom. The van der Waals surface area contributed by atoms with Gasteiger partial charge in [-0.05, 0) is 38.6 Å². The molecule has 0 aliphatic carbocycles. The maximum absolute atomic E-state index is 13.2. The first-order chi connectivity index (χ1) is 14.2. The van der Waals surface area contributed by atoms with Crippen molar-refractivity contribution in [2.75, 3.05) is 32.0 Å². The molecule has 0 aliphatic heterocycles. The normalized spacial score (nSPS) is 12.5. The number of carbonyl (C=O) groups excluding carboxylic acids is 2. The van der Waals surface area contributed by atoms with Gasteiger partial charge in [0.15, 0.2) is 0 Å². The molecule has 2 aromatic carbocycles. The number of alkyl halides is 3. The summed E-state index contributed by atoms with van der Waals surface area (Å²) in [6.45, 7) is 4.50. The molecule has 2 rings (SSSR count). The molecular formula is C22H26F3N3O2. The molecule has 30 heavy (non-hydrogen) atoms. The van der Waals surface area contributed by atoms with Crippen LogP contribution in [0.15, 0.2) is 54.6 Å². The van der Waals surface area contributed by atoms with Crippen LogP contribution < -0.4 is 5.32 Å². The number of hydrogen-bond donors (Lipinski definition) is 1. The van der Waals surface area contributed by atoms with E-state index < -0.39 is 23.7 Å². The van der Waals surface area contributed by atoms with Crippen LogP contribution in [0.5, 0.6) is 0 Å². The lowest BCUT2D eigenvalue weighted by Crippen LogP contribution is -2.44. The van der Waals surface area contributed by atoms with Crippen LogP contribution in [0.2, 0.25) is 0 Å². The third kappa shape index (κ3) is 5.82. The van der Waals surface area contributed by atoms with Gasteiger partial charge >= 0.3 is 6.18 Å². The van der Waals surface area contributed by atoms with Gasteiger partial charge in [0.2, 0.25) is 11.8 Å². The van der Waals surface area contributed by atoms with Crippen LogP contribution in [0.1, 0.15) is 31.0 Å². The van der Waals surface area contributed by atoms with Crippen LogP contribution in [-0.4, -0.2) is 48.3 Å². The van der Waals surface area contributed by atoms with E-state index >= 15 is 0 Å². The van der Waals surface area contributed by atoms with E-state index in [-0.39, 0.29) is 18.1 Å². The van der Waals surface area contributed by atoms with Crippen molar-refractivity contribution in [1.29, 1.82) is 0 Å². The van der Waals surface area contributed by atoms with Crippen molar-refractivity contribution in [1.82, 2.24) is 9.80 Å². The van der Waals surface area contributed by atoms with E-state index in [0.29, 0.717) is 18.7 Å². The predicted molar refractivity (Wildman–Crippen MR) is 110 cm³/mol. The van der Waals surface area contributed by atoms with Gasteiger partial charge in [-0.25, -0.2) is 0 Å². The van der Waals surface area contributed by atoms with Crippen LogP contribution in [0.4, 0.5) is 18.9 Å². The van der Waals surface area contributed by atoms with Crippen LogP contribution in [0.3, 0.4) is 0 Å². The van der Waals surface area contributed by atoms with Crippen molar-refractivity contribution >= 4 is 17.5 Å². The van der Waals surface area contributed by atoms with E-state index in [1.807, 2.05) is 19.9 Å². The van der Waals surface area contributed by atoms with Gasteiger partial charge < -0.3 is 10.2 Å². The molecule has 0 heterocycles. The minimum atomic E-state index is -4.58. The lowest BCUT2D eigenvalue weighted by atomic mass is 10.0. The van der Waals surface area contributed by atoms with Crippen molar-refractivity contribution in [3.63, 3.8) is 0 Å². The van der Waals surface area contributed by atoms with Crippen molar-refractivity contribution < 1.29 is 22.8 Å². The third-order valence-electron chi connectivity index (χ3n) is 4.76. The van der Waals surface area contributed by atoms with Crippen LogP contribution in [0.25, 0.3) is 0 Å². The molecule has 0 unspecified atom stereocenters. The quantitative estimate of drug-likeness (QED) is 0.696. The average molecular weight is 421 g/mol. The number of carbonyl (C=O) groups is 2. The summed E-state index contributed by atoms with van der Waals surface area (Å²) in [4.78, 5) is 28.8. The highest BCUT2D eigenvalue weighted by Gasteiger charge is 2.34. The summed E-state index contributed by atoms with van der Waals surface area (Å²) < 4.78 is 39.5. The van der Waals surface area contributed by atoms with E-state index in [4.69, 9.17) is 0 Å². The molecule has 8 heteroatoms. The Morgan fingerprint density at radius 1 is 0.967 bits per heavy atom. The molecule has 2 amide bonds. The highest BCUT2D eigenvalue weighted by molar-refractivity contribution is 5.93. The van der Waals surface area contributed by atoms with Gasteiger partial charge in [-0.3, -0.25) is 14.5 Å². The largest absolute Gasteiger partial charge is 0.418 e. The Bertz CT molecular complexity index is 852. The van der Waals surface area contributed by atoms with Crippen LogP contribution in [0, 0.1) is 0 Å². The minimum Gasteiger partial charge on any atom is -0.342 e. The number of rotatable bonds is 8. The third-order valence-corrected chi connectivity index (χ3v) is 4.76. The first-order valence-electron chi connectivity index (χ1n) is 9.69. The zero-order valence-electron chi connectivity index (χ0n) is 17.2. The summed E-state index contributed by atoms with van der Waals surface area (Å²) in [6.07, 6.45) is -4.58. The van der Waals surface area contributed by atoms with E-state index in [1.54, 1.807) is 41.1 Å². The Hall–Kier alpha value is -2.87. The molecule has 0 saturated heterocycles. The first-order valence-corrected chi connectivity index (χ1v) is 9.69. The van der Waals surface area contributed by atoms with Crippen molar-refractivity contribution in [2.24, 2.45) is 0 Å². The van der Waals surface area contributed by atoms with E-state index in [2.05, 4.69) is 5.32 Å². The SMILES string of the molecule is CCN(CC)C(=O)[C@@H](c1ccccc1)N(C)CC(=O)Nc1ccccc1C(F)(F)F. The van der Waals surface area contributed by atoms with Crippen LogP contribution in [-0.2, 0) is 15.8 Å². The number of halogens is 3. The van der Waals surface area contributed by atoms with Crippen molar-refractivity contribution in [3.05, 3.63) is 65.7 Å². The Morgan fingerprint density at radius 3 is 2.10 bits per heavy atom. The number of nitrogens with zero attached hydrogens (tertiary/aromatic N) is 2. The molecule has 162 valence electrons. The monoisotopic (exact) mass is 421 g/mol. The summed E-state index contributed by atoms with van der Waals surface area (Å²) >= 11 is 0. The topological polar surface area (TPSA) is 52.7 Å². The lowest BCUT2D eigenvalue weighted by Gasteiger charge is -2.31. The molecule has 0 spiro atoms. The first kappa shape index (κ1) is 23.4. The molecule has 1 atom stereocenters. The molecule has 0 bridgehead atoms. The standard InChI is InChI=1S/C22H26F3N3O2/c1-4-28(5-2)21(30)20(16-11-7-6-8-12-16)27(3)15-19(29)26-18-14-10-9-13-17(18)22(23,24)25/h6-14,20H,4-5,15H2,1-3H3,(H,26,29)/t20-/m1/s1. The second kappa shape index (κ2) is 10.2. The smallest absolute Gasteiger partial charge is 0.342 e. The van der Waals surface area contributed by atoms with Gasteiger partial charge in [-0.2, -0.15) is 13.2 Å². The average Bonchev–Trinajstić information content (AvgIpc) is 2.69. The fourth-order valence-electron chi connectivity index (χ4n) is 3.28. The van der Waals surface area contributed by atoms with Gasteiger partial charge in [0.1, 0.15) is 6.04 Å². The molecule has 5 nitrogen and oxygen atoms in total.